The standard InChI is InChI=1S/C22H17BrClN3/c23-15-11-9-14(10-12-15)19-13-21(16-5-1-2-6-17(16)24)27-20-8-4-3-7-18(20)25-22(27)26-19/h1-12,19,21H,13H2,(H,25,26)/t19-,21+/m0/s1. The van der Waals surface area contributed by atoms with Crippen molar-refractivity contribution in [3.8, 4) is 0 Å². The van der Waals surface area contributed by atoms with E-state index in [4.69, 9.17) is 16.6 Å². The minimum atomic E-state index is 0.121. The van der Waals surface area contributed by atoms with Gasteiger partial charge in [0.25, 0.3) is 0 Å². The monoisotopic (exact) mass is 437 g/mol. The largest absolute Gasteiger partial charge is 0.349 e. The number of hydrogen-bond donors (Lipinski definition) is 1. The molecule has 1 N–H and O–H groups in total. The van der Waals surface area contributed by atoms with Gasteiger partial charge in [-0.05, 0) is 47.9 Å². The van der Waals surface area contributed by atoms with Gasteiger partial charge in [0.2, 0.25) is 5.95 Å². The summed E-state index contributed by atoms with van der Waals surface area (Å²) in [6.07, 6.45) is 0.902. The molecule has 0 bridgehead atoms. The van der Waals surface area contributed by atoms with E-state index in [-0.39, 0.29) is 12.1 Å². The number of nitrogens with one attached hydrogen (secondary N) is 1. The number of para-hydroxylation sites is 2. The second-order valence-electron chi connectivity index (χ2n) is 6.82. The molecule has 1 aromatic heterocycles. The van der Waals surface area contributed by atoms with E-state index in [2.05, 4.69) is 80.4 Å². The predicted molar refractivity (Wildman–Crippen MR) is 114 cm³/mol. The van der Waals surface area contributed by atoms with Gasteiger partial charge < -0.3 is 9.88 Å². The summed E-state index contributed by atoms with van der Waals surface area (Å²) in [5.74, 6) is 0.889. The lowest BCUT2D eigenvalue weighted by atomic mass is 9.93. The molecule has 3 nitrogen and oxygen atoms in total. The molecule has 0 amide bonds. The molecule has 0 saturated carbocycles. The molecule has 0 unspecified atom stereocenters. The molecule has 5 rings (SSSR count). The van der Waals surface area contributed by atoms with E-state index in [1.165, 1.54) is 5.56 Å². The van der Waals surface area contributed by atoms with E-state index in [9.17, 15) is 0 Å². The van der Waals surface area contributed by atoms with Crippen molar-refractivity contribution in [1.82, 2.24) is 9.55 Å². The summed E-state index contributed by atoms with van der Waals surface area (Å²) in [5.41, 5.74) is 4.49. The van der Waals surface area contributed by atoms with Gasteiger partial charge in [0, 0.05) is 9.50 Å². The molecule has 5 heteroatoms. The molecule has 27 heavy (non-hydrogen) atoms. The first-order chi connectivity index (χ1) is 13.2. The Morgan fingerprint density at radius 1 is 0.963 bits per heavy atom. The van der Waals surface area contributed by atoms with E-state index in [1.54, 1.807) is 0 Å². The fourth-order valence-corrected chi connectivity index (χ4v) is 4.46. The lowest BCUT2D eigenvalue weighted by Gasteiger charge is -2.34. The molecule has 1 aliphatic heterocycles. The molecule has 0 spiro atoms. The number of fused-ring (bicyclic) bond motifs is 3. The van der Waals surface area contributed by atoms with Crippen LogP contribution in [0.25, 0.3) is 11.0 Å². The van der Waals surface area contributed by atoms with Crippen molar-refractivity contribution < 1.29 is 0 Å². The molecule has 4 aromatic rings. The Morgan fingerprint density at radius 3 is 2.52 bits per heavy atom. The van der Waals surface area contributed by atoms with E-state index in [1.807, 2.05) is 18.2 Å². The molecule has 134 valence electrons. The van der Waals surface area contributed by atoms with Gasteiger partial charge in [-0.1, -0.05) is 70.0 Å². The number of imidazole rings is 1. The molecule has 0 aliphatic carbocycles. The number of anilines is 1. The molecular formula is C22H17BrClN3. The third-order valence-corrected chi connectivity index (χ3v) is 6.08. The van der Waals surface area contributed by atoms with Crippen LogP contribution in [0.2, 0.25) is 5.02 Å². The minimum Gasteiger partial charge on any atom is -0.349 e. The number of halogens is 2. The fraction of sp³-hybridized carbons (Fsp3) is 0.136. The Kier molecular flexibility index (Phi) is 4.18. The van der Waals surface area contributed by atoms with Gasteiger partial charge in [-0.2, -0.15) is 0 Å². The normalized spacial score (nSPS) is 18.9. The summed E-state index contributed by atoms with van der Waals surface area (Å²) >= 11 is 10.1. The Morgan fingerprint density at radius 2 is 1.70 bits per heavy atom. The van der Waals surface area contributed by atoms with Crippen LogP contribution >= 0.6 is 27.5 Å². The molecule has 0 fully saturated rings. The maximum atomic E-state index is 6.60. The molecule has 2 atom stereocenters. The summed E-state index contributed by atoms with van der Waals surface area (Å²) in [6.45, 7) is 0. The summed E-state index contributed by atoms with van der Waals surface area (Å²) in [6, 6.07) is 25.1. The van der Waals surface area contributed by atoms with Crippen molar-refractivity contribution in [3.63, 3.8) is 0 Å². The summed E-state index contributed by atoms with van der Waals surface area (Å²) < 4.78 is 3.36. The average molecular weight is 439 g/mol. The van der Waals surface area contributed by atoms with Gasteiger partial charge in [0.05, 0.1) is 23.1 Å². The predicted octanol–water partition coefficient (Wildman–Crippen LogP) is 6.60. The minimum absolute atomic E-state index is 0.121. The first kappa shape index (κ1) is 16.8. The molecule has 2 heterocycles. The van der Waals surface area contributed by atoms with Crippen molar-refractivity contribution in [3.05, 3.63) is 93.4 Å². The van der Waals surface area contributed by atoms with Gasteiger partial charge >= 0.3 is 0 Å². The number of hydrogen-bond acceptors (Lipinski definition) is 2. The van der Waals surface area contributed by atoms with E-state index < -0.39 is 0 Å². The van der Waals surface area contributed by atoms with Crippen LogP contribution < -0.4 is 5.32 Å². The van der Waals surface area contributed by atoms with Crippen molar-refractivity contribution in [2.45, 2.75) is 18.5 Å². The summed E-state index contributed by atoms with van der Waals surface area (Å²) in [5, 5.41) is 4.43. The Bertz CT molecular complexity index is 1120. The van der Waals surface area contributed by atoms with Crippen molar-refractivity contribution in [2.24, 2.45) is 0 Å². The zero-order valence-corrected chi connectivity index (χ0v) is 16.8. The first-order valence-electron chi connectivity index (χ1n) is 8.94. The number of benzene rings is 3. The lowest BCUT2D eigenvalue weighted by molar-refractivity contribution is 0.477. The van der Waals surface area contributed by atoms with Crippen LogP contribution in [0.4, 0.5) is 5.95 Å². The SMILES string of the molecule is Clc1ccccc1[C@H]1C[C@@H](c2ccc(Br)cc2)Nc2nc3ccccc3n21. The zero-order valence-electron chi connectivity index (χ0n) is 14.4. The van der Waals surface area contributed by atoms with Crippen LogP contribution in [0.15, 0.2) is 77.3 Å². The van der Waals surface area contributed by atoms with Crippen LogP contribution in [0.1, 0.15) is 29.6 Å². The molecule has 1 aliphatic rings. The Labute approximate surface area is 171 Å². The summed E-state index contributed by atoms with van der Waals surface area (Å²) in [7, 11) is 0. The van der Waals surface area contributed by atoms with Gasteiger partial charge in [0.1, 0.15) is 0 Å². The third-order valence-electron chi connectivity index (χ3n) is 5.21. The van der Waals surface area contributed by atoms with Crippen molar-refractivity contribution in [1.29, 1.82) is 0 Å². The molecule has 0 saturated heterocycles. The highest BCUT2D eigenvalue weighted by Crippen LogP contribution is 2.42. The maximum absolute atomic E-state index is 6.60. The van der Waals surface area contributed by atoms with Crippen LogP contribution in [0.3, 0.4) is 0 Å². The zero-order chi connectivity index (χ0) is 18.4. The van der Waals surface area contributed by atoms with Crippen LogP contribution in [0, 0.1) is 0 Å². The van der Waals surface area contributed by atoms with Crippen LogP contribution in [-0.4, -0.2) is 9.55 Å². The quantitative estimate of drug-likeness (QED) is 0.382. The average Bonchev–Trinajstić information content (AvgIpc) is 3.07. The third kappa shape index (κ3) is 2.93. The maximum Gasteiger partial charge on any atom is 0.204 e. The van der Waals surface area contributed by atoms with E-state index in [0.717, 1.165) is 38.5 Å². The van der Waals surface area contributed by atoms with Crippen LogP contribution in [0.5, 0.6) is 0 Å². The highest BCUT2D eigenvalue weighted by Gasteiger charge is 2.31. The topological polar surface area (TPSA) is 29.9 Å². The second kappa shape index (κ2) is 6.70. The van der Waals surface area contributed by atoms with Gasteiger partial charge in [-0.3, -0.25) is 0 Å². The van der Waals surface area contributed by atoms with Gasteiger partial charge in [0.15, 0.2) is 0 Å². The molecular weight excluding hydrogens is 422 g/mol. The fourth-order valence-electron chi connectivity index (χ4n) is 3.93. The molecule has 3 aromatic carbocycles. The Balaban J connectivity index is 1.68. The summed E-state index contributed by atoms with van der Waals surface area (Å²) in [4.78, 5) is 4.85. The smallest absolute Gasteiger partial charge is 0.204 e. The van der Waals surface area contributed by atoms with Gasteiger partial charge in [-0.15, -0.1) is 0 Å². The molecule has 0 radical (unpaired) electrons. The number of nitrogens with zero attached hydrogens (tertiary/aromatic N) is 2. The highest BCUT2D eigenvalue weighted by molar-refractivity contribution is 9.10. The van der Waals surface area contributed by atoms with E-state index >= 15 is 0 Å². The number of rotatable bonds is 2. The first-order valence-corrected chi connectivity index (χ1v) is 10.1. The van der Waals surface area contributed by atoms with Crippen molar-refractivity contribution >= 4 is 44.5 Å². The Hall–Kier alpha value is -2.30. The van der Waals surface area contributed by atoms with Crippen LogP contribution in [-0.2, 0) is 0 Å². The van der Waals surface area contributed by atoms with Gasteiger partial charge in [-0.25, -0.2) is 4.98 Å². The highest BCUT2D eigenvalue weighted by atomic mass is 79.9. The second-order valence-corrected chi connectivity index (χ2v) is 8.14. The van der Waals surface area contributed by atoms with E-state index in [0.29, 0.717) is 0 Å². The van der Waals surface area contributed by atoms with Crippen molar-refractivity contribution in [2.75, 3.05) is 5.32 Å². The lowest BCUT2D eigenvalue weighted by Crippen LogP contribution is -2.27. The number of aromatic nitrogens is 2.